The number of quaternary nitrogens is 1. The van der Waals surface area contributed by atoms with Crippen LogP contribution in [0.25, 0.3) is 0 Å². The van der Waals surface area contributed by atoms with Gasteiger partial charge in [0.2, 0.25) is 0 Å². The van der Waals surface area contributed by atoms with E-state index in [2.05, 4.69) is 58.1 Å². The zero-order valence-corrected chi connectivity index (χ0v) is 15.1. The van der Waals surface area contributed by atoms with E-state index in [1.165, 1.54) is 30.5 Å². The van der Waals surface area contributed by atoms with Gasteiger partial charge in [-0.2, -0.15) is 0 Å². The van der Waals surface area contributed by atoms with Crippen LogP contribution >= 0.6 is 0 Å². The number of unbranched alkanes of at least 4 members (excludes halogenated alkanes) is 1. The number of hydrogen-bond donors (Lipinski definition) is 1. The molecule has 1 aromatic carbocycles. The second kappa shape index (κ2) is 9.86. The highest BCUT2D eigenvalue weighted by Gasteiger charge is 2.14. The third-order valence-electron chi connectivity index (χ3n) is 3.75. The molecular weight excluding hydrogens is 274 g/mol. The topological polar surface area (TPSA) is 35.1 Å². The molecule has 0 radical (unpaired) electrons. The molecule has 22 heavy (non-hydrogen) atoms. The average molecular weight is 308 g/mol. The second-order valence-corrected chi connectivity index (χ2v) is 6.91. The molecule has 0 aliphatic rings. The van der Waals surface area contributed by atoms with Crippen molar-refractivity contribution in [1.29, 1.82) is 0 Å². The quantitative estimate of drug-likeness (QED) is 0.674. The molecule has 126 valence electrons. The first-order valence-electron chi connectivity index (χ1n) is 8.58. The van der Waals surface area contributed by atoms with E-state index in [-0.39, 0.29) is 5.41 Å². The van der Waals surface area contributed by atoms with E-state index in [1.54, 1.807) is 0 Å². The van der Waals surface area contributed by atoms with E-state index >= 15 is 0 Å². The van der Waals surface area contributed by atoms with Gasteiger partial charge in [-0.05, 0) is 36.0 Å². The lowest BCUT2D eigenvalue weighted by atomic mass is 9.86. The largest absolute Gasteiger partial charge is 0.491 e. The number of rotatable bonds is 10. The predicted octanol–water partition coefficient (Wildman–Crippen LogP) is 3.05. The van der Waals surface area contributed by atoms with Crippen LogP contribution in [0.4, 0.5) is 0 Å². The van der Waals surface area contributed by atoms with Crippen molar-refractivity contribution in [3.8, 4) is 5.75 Å². The Kier molecular flexibility index (Phi) is 8.51. The molecule has 0 saturated carbocycles. The normalized spacial score (nSPS) is 11.7. The Morgan fingerprint density at radius 1 is 1.05 bits per heavy atom. The van der Waals surface area contributed by atoms with Crippen LogP contribution < -0.4 is 10.1 Å². The molecule has 0 unspecified atom stereocenters. The molecule has 0 fully saturated rings. The third kappa shape index (κ3) is 7.28. The van der Waals surface area contributed by atoms with Crippen LogP contribution in [0.3, 0.4) is 0 Å². The minimum atomic E-state index is 0.181. The number of ether oxygens (including phenoxy) is 2. The minimum absolute atomic E-state index is 0.181. The molecule has 0 amide bonds. The monoisotopic (exact) mass is 308 g/mol. The lowest BCUT2D eigenvalue weighted by Crippen LogP contribution is -2.85. The molecule has 0 spiro atoms. The zero-order valence-electron chi connectivity index (χ0n) is 15.1. The van der Waals surface area contributed by atoms with Crippen molar-refractivity contribution in [1.82, 2.24) is 0 Å². The molecule has 0 atom stereocenters. The summed E-state index contributed by atoms with van der Waals surface area (Å²) in [7, 11) is 0. The Labute approximate surface area is 136 Å². The summed E-state index contributed by atoms with van der Waals surface area (Å²) >= 11 is 0. The van der Waals surface area contributed by atoms with Crippen LogP contribution in [-0.2, 0) is 10.2 Å². The molecule has 3 heteroatoms. The number of nitrogens with two attached hydrogens (primary N) is 1. The predicted molar refractivity (Wildman–Crippen MR) is 92.8 cm³/mol. The maximum atomic E-state index is 5.81. The third-order valence-corrected chi connectivity index (χ3v) is 3.75. The first-order valence-corrected chi connectivity index (χ1v) is 8.58. The lowest BCUT2D eigenvalue weighted by Gasteiger charge is -2.20. The molecule has 0 bridgehead atoms. The van der Waals surface area contributed by atoms with Gasteiger partial charge in [-0.1, -0.05) is 46.2 Å². The molecule has 0 aliphatic heterocycles. The number of benzene rings is 1. The minimum Gasteiger partial charge on any atom is -0.491 e. The molecular formula is C19H34NO2+. The summed E-state index contributed by atoms with van der Waals surface area (Å²) in [6.45, 7) is 15.3. The number of aryl methyl sites for hydroxylation is 1. The molecule has 3 nitrogen and oxygen atoms in total. The Hall–Kier alpha value is -1.06. The van der Waals surface area contributed by atoms with Crippen LogP contribution in [0.1, 0.15) is 51.7 Å². The summed E-state index contributed by atoms with van der Waals surface area (Å²) in [5, 5.41) is 2.32. The fraction of sp³-hybridized carbons (Fsp3) is 0.684. The zero-order chi connectivity index (χ0) is 16.4. The molecule has 0 saturated heterocycles. The van der Waals surface area contributed by atoms with Crippen molar-refractivity contribution in [2.45, 2.75) is 52.9 Å². The summed E-state index contributed by atoms with van der Waals surface area (Å²) in [4.78, 5) is 0. The summed E-state index contributed by atoms with van der Waals surface area (Å²) in [5.41, 5.74) is 2.72. The Morgan fingerprint density at radius 3 is 2.45 bits per heavy atom. The van der Waals surface area contributed by atoms with Crippen LogP contribution in [-0.4, -0.2) is 32.9 Å². The first-order chi connectivity index (χ1) is 10.4. The average Bonchev–Trinajstić information content (AvgIpc) is 2.46. The smallest absolute Gasteiger partial charge is 0.122 e. The highest BCUT2D eigenvalue weighted by Crippen LogP contribution is 2.27. The van der Waals surface area contributed by atoms with Gasteiger partial charge in [-0.15, -0.1) is 0 Å². The standard InChI is InChI=1S/C19H33NO2/c1-6-7-10-20-11-12-21-13-14-22-18-9-8-17(15-16(18)2)19(3,4)5/h8-9,15,20H,6-7,10-14H2,1-5H3/p+1. The van der Waals surface area contributed by atoms with Gasteiger partial charge in [0.05, 0.1) is 26.3 Å². The van der Waals surface area contributed by atoms with Crippen molar-refractivity contribution in [3.63, 3.8) is 0 Å². The SMILES string of the molecule is CCCC[NH2+]CCOCCOc1ccc(C(C)(C)C)cc1C. The molecule has 1 aromatic rings. The van der Waals surface area contributed by atoms with Crippen molar-refractivity contribution in [2.24, 2.45) is 0 Å². The number of hydrogen-bond acceptors (Lipinski definition) is 2. The summed E-state index contributed by atoms with van der Waals surface area (Å²) < 4.78 is 11.4. The van der Waals surface area contributed by atoms with Gasteiger partial charge >= 0.3 is 0 Å². The van der Waals surface area contributed by atoms with E-state index in [0.29, 0.717) is 13.2 Å². The lowest BCUT2D eigenvalue weighted by molar-refractivity contribution is -0.656. The highest BCUT2D eigenvalue weighted by atomic mass is 16.5. The van der Waals surface area contributed by atoms with E-state index in [1.807, 2.05) is 0 Å². The van der Waals surface area contributed by atoms with Gasteiger partial charge in [0.1, 0.15) is 12.4 Å². The summed E-state index contributed by atoms with van der Waals surface area (Å²) in [6.07, 6.45) is 2.55. The van der Waals surface area contributed by atoms with Crippen LogP contribution in [0, 0.1) is 6.92 Å². The summed E-state index contributed by atoms with van der Waals surface area (Å²) in [6, 6.07) is 6.46. The van der Waals surface area contributed by atoms with Crippen molar-refractivity contribution < 1.29 is 14.8 Å². The second-order valence-electron chi connectivity index (χ2n) is 6.91. The molecule has 1 rings (SSSR count). The summed E-state index contributed by atoms with van der Waals surface area (Å²) in [5.74, 6) is 0.964. The van der Waals surface area contributed by atoms with Crippen molar-refractivity contribution in [2.75, 3.05) is 32.9 Å². The molecule has 0 aromatic heterocycles. The van der Waals surface area contributed by atoms with E-state index in [4.69, 9.17) is 9.47 Å². The highest BCUT2D eigenvalue weighted by molar-refractivity contribution is 5.38. The van der Waals surface area contributed by atoms with Gasteiger partial charge in [0.15, 0.2) is 0 Å². The van der Waals surface area contributed by atoms with Gasteiger partial charge in [-0.3, -0.25) is 0 Å². The van der Waals surface area contributed by atoms with Gasteiger partial charge in [-0.25, -0.2) is 0 Å². The fourth-order valence-electron chi connectivity index (χ4n) is 2.25. The fourth-order valence-corrected chi connectivity index (χ4v) is 2.25. The molecule has 0 aliphatic carbocycles. The maximum Gasteiger partial charge on any atom is 0.122 e. The van der Waals surface area contributed by atoms with E-state index in [9.17, 15) is 0 Å². The van der Waals surface area contributed by atoms with Gasteiger partial charge in [0.25, 0.3) is 0 Å². The Balaban J connectivity index is 2.20. The Morgan fingerprint density at radius 2 is 1.82 bits per heavy atom. The van der Waals surface area contributed by atoms with Crippen LogP contribution in [0.2, 0.25) is 0 Å². The van der Waals surface area contributed by atoms with Crippen molar-refractivity contribution >= 4 is 0 Å². The van der Waals surface area contributed by atoms with E-state index in [0.717, 1.165) is 18.9 Å². The molecule has 2 N–H and O–H groups in total. The maximum absolute atomic E-state index is 5.81. The first kappa shape index (κ1) is 19.0. The van der Waals surface area contributed by atoms with Crippen LogP contribution in [0.5, 0.6) is 5.75 Å². The van der Waals surface area contributed by atoms with Crippen LogP contribution in [0.15, 0.2) is 18.2 Å². The van der Waals surface area contributed by atoms with Gasteiger partial charge in [0, 0.05) is 0 Å². The Bertz CT molecular complexity index is 424. The van der Waals surface area contributed by atoms with E-state index < -0.39 is 0 Å². The van der Waals surface area contributed by atoms with Crippen molar-refractivity contribution in [3.05, 3.63) is 29.3 Å². The molecule has 0 heterocycles. The van der Waals surface area contributed by atoms with Gasteiger partial charge < -0.3 is 14.8 Å².